The van der Waals surface area contributed by atoms with Crippen LogP contribution in [0.15, 0.2) is 41.7 Å². The van der Waals surface area contributed by atoms with Gasteiger partial charge in [0.2, 0.25) is 24.1 Å². The van der Waals surface area contributed by atoms with Crippen molar-refractivity contribution in [2.45, 2.75) is 17.7 Å². The highest BCUT2D eigenvalue weighted by molar-refractivity contribution is 7.93. The van der Waals surface area contributed by atoms with E-state index in [1.165, 1.54) is 37.6 Å². The van der Waals surface area contributed by atoms with Gasteiger partial charge in [0.15, 0.2) is 0 Å². The number of alkyl halides is 2. The Balaban J connectivity index is 1.74. The van der Waals surface area contributed by atoms with Gasteiger partial charge in [0.1, 0.15) is 10.6 Å². The molecule has 0 aliphatic rings. The fourth-order valence-electron chi connectivity index (χ4n) is 3.17. The number of hydrogen-bond acceptors (Lipinski definition) is 8. The summed E-state index contributed by atoms with van der Waals surface area (Å²) >= 11 is 0. The number of aromatic nitrogens is 6. The Kier molecular flexibility index (Phi) is 5.61. The summed E-state index contributed by atoms with van der Waals surface area (Å²) in [6, 6.07) is 5.00. The Morgan fingerprint density at radius 2 is 1.78 bits per heavy atom. The van der Waals surface area contributed by atoms with Crippen LogP contribution in [-0.2, 0) is 16.4 Å². The van der Waals surface area contributed by atoms with Crippen LogP contribution in [0.2, 0.25) is 0 Å². The van der Waals surface area contributed by atoms with Crippen LogP contribution in [0.3, 0.4) is 0 Å². The highest BCUT2D eigenvalue weighted by Gasteiger charge is 2.25. The van der Waals surface area contributed by atoms with Crippen LogP contribution in [0.5, 0.6) is 11.8 Å². The number of anilines is 1. The van der Waals surface area contributed by atoms with E-state index in [4.69, 9.17) is 9.47 Å². The van der Waals surface area contributed by atoms with Gasteiger partial charge in [0.25, 0.3) is 10.0 Å². The van der Waals surface area contributed by atoms with Gasteiger partial charge in [-0.25, -0.2) is 21.9 Å². The molecule has 0 unspecified atom stereocenters. The molecule has 14 heteroatoms. The highest BCUT2D eigenvalue weighted by atomic mass is 32.2. The van der Waals surface area contributed by atoms with Crippen LogP contribution in [0.25, 0.3) is 16.6 Å². The molecule has 0 amide bonds. The molecule has 0 aliphatic heterocycles. The predicted molar refractivity (Wildman–Crippen MR) is 109 cm³/mol. The lowest BCUT2D eigenvalue weighted by Gasteiger charge is -2.13. The summed E-state index contributed by atoms with van der Waals surface area (Å²) in [5.41, 5.74) is 0.966. The second kappa shape index (κ2) is 8.37. The Morgan fingerprint density at radius 1 is 1.12 bits per heavy atom. The van der Waals surface area contributed by atoms with Gasteiger partial charge in [-0.1, -0.05) is 12.1 Å². The number of nitrogens with one attached hydrogen (secondary N) is 2. The number of methoxy groups -OCH3 is 2. The zero-order chi connectivity index (χ0) is 22.9. The van der Waals surface area contributed by atoms with Crippen molar-refractivity contribution in [3.63, 3.8) is 0 Å². The maximum absolute atomic E-state index is 13.1. The second-order valence-corrected chi connectivity index (χ2v) is 8.07. The lowest BCUT2D eigenvalue weighted by atomic mass is 10.2. The fraction of sp³-hybridized carbons (Fsp3) is 0.222. The Labute approximate surface area is 180 Å². The van der Waals surface area contributed by atoms with E-state index in [1.54, 1.807) is 18.2 Å². The van der Waals surface area contributed by atoms with Crippen molar-refractivity contribution in [2.24, 2.45) is 0 Å². The van der Waals surface area contributed by atoms with Crippen LogP contribution >= 0.6 is 0 Å². The molecule has 0 spiro atoms. The third-order valence-corrected chi connectivity index (χ3v) is 5.85. The van der Waals surface area contributed by atoms with Crippen LogP contribution < -0.4 is 14.2 Å². The summed E-state index contributed by atoms with van der Waals surface area (Å²) in [4.78, 5) is 12.0. The molecule has 3 heterocycles. The third-order valence-electron chi connectivity index (χ3n) is 4.48. The molecule has 1 aromatic carbocycles. The Hall–Kier alpha value is -3.81. The summed E-state index contributed by atoms with van der Waals surface area (Å²) in [7, 11) is -1.74. The van der Waals surface area contributed by atoms with E-state index in [2.05, 4.69) is 29.9 Å². The van der Waals surface area contributed by atoms with Crippen molar-refractivity contribution >= 4 is 26.9 Å². The molecule has 4 rings (SSSR count). The average molecular weight is 465 g/mol. The second-order valence-electron chi connectivity index (χ2n) is 6.42. The molecular formula is C18H17F2N7O4S. The van der Waals surface area contributed by atoms with E-state index in [-0.39, 0.29) is 22.2 Å². The van der Waals surface area contributed by atoms with Crippen molar-refractivity contribution in [3.8, 4) is 17.4 Å². The van der Waals surface area contributed by atoms with Crippen LogP contribution in [-0.4, -0.2) is 59.0 Å². The predicted octanol–water partition coefficient (Wildman–Crippen LogP) is 2.16. The number of para-hydroxylation sites is 1. The number of H-pyrrole nitrogens is 1. The van der Waals surface area contributed by atoms with E-state index in [0.717, 1.165) is 0 Å². The van der Waals surface area contributed by atoms with E-state index in [0.29, 0.717) is 16.6 Å². The SMILES string of the molecule is COc1nc(NS(=O)(=O)c2c[nH]c3c(-n4nccn4)cccc23)nc(OC)c1CC(F)F. The van der Waals surface area contributed by atoms with Crippen LogP contribution in [0, 0.1) is 0 Å². The zero-order valence-corrected chi connectivity index (χ0v) is 17.6. The number of rotatable bonds is 8. The molecule has 0 bridgehead atoms. The molecule has 2 N–H and O–H groups in total. The van der Waals surface area contributed by atoms with Crippen LogP contribution in [0.4, 0.5) is 14.7 Å². The first-order chi connectivity index (χ1) is 15.3. The number of halogens is 2. The highest BCUT2D eigenvalue weighted by Crippen LogP contribution is 2.31. The molecule has 0 atom stereocenters. The minimum atomic E-state index is -4.18. The maximum Gasteiger partial charge on any atom is 0.266 e. The van der Waals surface area contributed by atoms with Gasteiger partial charge in [-0.3, -0.25) is 0 Å². The standard InChI is InChI=1S/C18H17F2N7O4S/c1-30-16-11(8-14(19)20)17(31-2)25-18(24-16)26-32(28,29)13-9-21-15-10(13)4-3-5-12(15)27-22-6-7-23-27/h3-7,9,14,21H,8H2,1-2H3,(H,24,25,26). The van der Waals surface area contributed by atoms with Gasteiger partial charge in [-0.2, -0.15) is 20.2 Å². The largest absolute Gasteiger partial charge is 0.481 e. The van der Waals surface area contributed by atoms with Gasteiger partial charge in [-0.15, -0.1) is 4.80 Å². The van der Waals surface area contributed by atoms with E-state index in [1.807, 2.05) is 0 Å². The van der Waals surface area contributed by atoms with Gasteiger partial charge in [0, 0.05) is 18.0 Å². The monoisotopic (exact) mass is 465 g/mol. The van der Waals surface area contributed by atoms with Gasteiger partial charge in [0.05, 0.1) is 37.7 Å². The van der Waals surface area contributed by atoms with E-state index in [9.17, 15) is 17.2 Å². The normalized spacial score (nSPS) is 11.8. The number of nitrogens with zero attached hydrogens (tertiary/aromatic N) is 5. The molecule has 0 saturated carbocycles. The Morgan fingerprint density at radius 3 is 2.38 bits per heavy atom. The quantitative estimate of drug-likeness (QED) is 0.404. The number of hydrogen-bond donors (Lipinski definition) is 2. The minimum absolute atomic E-state index is 0.0728. The first-order valence-corrected chi connectivity index (χ1v) is 10.6. The number of fused-ring (bicyclic) bond motifs is 1. The summed E-state index contributed by atoms with van der Waals surface area (Å²) in [5, 5.41) is 8.50. The first kappa shape index (κ1) is 21.4. The number of benzene rings is 1. The lowest BCUT2D eigenvalue weighted by Crippen LogP contribution is -2.16. The molecule has 4 aromatic rings. The molecule has 168 valence electrons. The van der Waals surface area contributed by atoms with Gasteiger partial charge >= 0.3 is 0 Å². The zero-order valence-electron chi connectivity index (χ0n) is 16.8. The van der Waals surface area contributed by atoms with Crippen molar-refractivity contribution in [1.82, 2.24) is 29.9 Å². The molecule has 0 radical (unpaired) electrons. The molecule has 11 nitrogen and oxygen atoms in total. The van der Waals surface area contributed by atoms with E-state index >= 15 is 0 Å². The average Bonchev–Trinajstić information content (AvgIpc) is 3.44. The topological polar surface area (TPSA) is 137 Å². The number of ether oxygens (including phenoxy) is 2. The van der Waals surface area contributed by atoms with E-state index < -0.39 is 28.8 Å². The summed E-state index contributed by atoms with van der Waals surface area (Å²) in [6.45, 7) is 0. The van der Waals surface area contributed by atoms with Crippen molar-refractivity contribution in [1.29, 1.82) is 0 Å². The molecule has 0 fully saturated rings. The summed E-state index contributed by atoms with van der Waals surface area (Å²) in [5.74, 6) is -0.836. The fourth-order valence-corrected chi connectivity index (χ4v) is 4.29. The molecule has 0 aliphatic carbocycles. The summed E-state index contributed by atoms with van der Waals surface area (Å²) < 4.78 is 64.3. The van der Waals surface area contributed by atoms with Crippen molar-refractivity contribution < 1.29 is 26.7 Å². The van der Waals surface area contributed by atoms with Crippen LogP contribution in [0.1, 0.15) is 5.56 Å². The summed E-state index contributed by atoms with van der Waals surface area (Å²) in [6.07, 6.45) is 0.882. The molecular weight excluding hydrogens is 448 g/mol. The van der Waals surface area contributed by atoms with Gasteiger partial charge in [-0.05, 0) is 6.07 Å². The molecule has 0 saturated heterocycles. The number of aromatic amines is 1. The van der Waals surface area contributed by atoms with Crippen molar-refractivity contribution in [3.05, 3.63) is 42.4 Å². The molecule has 3 aromatic heterocycles. The first-order valence-electron chi connectivity index (χ1n) is 9.10. The minimum Gasteiger partial charge on any atom is -0.481 e. The smallest absolute Gasteiger partial charge is 0.266 e. The lowest BCUT2D eigenvalue weighted by molar-refractivity contribution is 0.146. The Bertz CT molecular complexity index is 1330. The van der Waals surface area contributed by atoms with Crippen molar-refractivity contribution in [2.75, 3.05) is 18.9 Å². The molecule has 32 heavy (non-hydrogen) atoms. The maximum atomic E-state index is 13.1. The van der Waals surface area contributed by atoms with Gasteiger partial charge < -0.3 is 14.5 Å². The number of sulfonamides is 1. The third kappa shape index (κ3) is 3.91.